The maximum absolute atomic E-state index is 3.73. The molecule has 8 aliphatic carbocycles. The molecule has 4 heteroatoms. The number of nitrogens with zero attached hydrogens (tertiary/aromatic N) is 2. The summed E-state index contributed by atoms with van der Waals surface area (Å²) in [6.07, 6.45) is 26.2. The maximum Gasteiger partial charge on any atom is 0.186 e. The summed E-state index contributed by atoms with van der Waals surface area (Å²) < 4.78 is 0. The minimum absolute atomic E-state index is 0.648. The van der Waals surface area contributed by atoms with E-state index in [2.05, 4.69) is 104 Å². The van der Waals surface area contributed by atoms with Crippen LogP contribution in [0.1, 0.15) is 143 Å². The van der Waals surface area contributed by atoms with Gasteiger partial charge in [0.25, 0.3) is 0 Å². The van der Waals surface area contributed by atoms with Crippen LogP contribution >= 0.6 is 0 Å². The molecule has 20 atom stereocenters. The lowest BCUT2D eigenvalue weighted by Crippen LogP contribution is -2.90. The molecule has 16 rings (SSSR count). The van der Waals surface area contributed by atoms with E-state index in [1.165, 1.54) is 38.5 Å². The van der Waals surface area contributed by atoms with Crippen LogP contribution in [0.25, 0.3) is 0 Å². The Bertz CT molecular complexity index is 2230. The molecule has 0 N–H and O–H groups in total. The molecule has 13 fully saturated rings. The van der Waals surface area contributed by atoms with Crippen molar-refractivity contribution < 1.29 is 0 Å². The number of rotatable bonds is 3. The van der Waals surface area contributed by atoms with Gasteiger partial charge in [0, 0.05) is 36.3 Å². The van der Waals surface area contributed by atoms with Gasteiger partial charge in [-0.05, 0) is 185 Å². The molecule has 13 aliphatic rings. The van der Waals surface area contributed by atoms with Gasteiger partial charge in [-0.25, -0.2) is 0 Å². The van der Waals surface area contributed by atoms with Crippen LogP contribution in [0.4, 0.5) is 0 Å². The Morgan fingerprint density at radius 1 is 0.364 bits per heavy atom. The summed E-state index contributed by atoms with van der Waals surface area (Å²) in [4.78, 5) is 7.42. The highest BCUT2D eigenvalue weighted by molar-refractivity contribution is 6.79. The van der Waals surface area contributed by atoms with Gasteiger partial charge in [-0.2, -0.15) is 0 Å². The molecule has 3 aromatic carbocycles. The normalized spacial score (nSPS) is 50.0. The van der Waals surface area contributed by atoms with Crippen LogP contribution in [0.5, 0.6) is 0 Å². The molecule has 0 aromatic heterocycles. The van der Waals surface area contributed by atoms with Crippen LogP contribution in [0.3, 0.4) is 0 Å². The molecular formula is C62H80B2N2. The Morgan fingerprint density at radius 3 is 1.29 bits per heavy atom. The fraction of sp³-hybridized carbons (Fsp3) is 0.710. The fourth-order valence-electron chi connectivity index (χ4n) is 24.7. The first-order valence-corrected chi connectivity index (χ1v) is 29.2. The number of benzene rings is 3. The second kappa shape index (κ2) is 14.6. The van der Waals surface area contributed by atoms with Crippen LogP contribution in [0.15, 0.2) is 66.7 Å². The number of piperidine rings is 2. The van der Waals surface area contributed by atoms with E-state index in [0.29, 0.717) is 25.4 Å². The molecule has 5 aliphatic heterocycles. The molecule has 5 saturated heterocycles. The molecule has 344 valence electrons. The average molecular weight is 875 g/mol. The predicted octanol–water partition coefficient (Wildman–Crippen LogP) is 12.3. The number of piperazine rings is 1. The van der Waals surface area contributed by atoms with E-state index in [1.54, 1.807) is 98.4 Å². The van der Waals surface area contributed by atoms with E-state index in [-0.39, 0.29) is 0 Å². The molecule has 0 radical (unpaired) electrons. The third-order valence-corrected chi connectivity index (χ3v) is 25.6. The molecule has 3 aromatic rings. The lowest BCUT2D eigenvalue weighted by Gasteiger charge is -2.83. The Morgan fingerprint density at radius 2 is 0.788 bits per heavy atom. The summed E-state index contributed by atoms with van der Waals surface area (Å²) >= 11 is 0. The SMILES string of the molecule is Cc1cccc(C)c1B1C2CC(c3ccccc3)CC3B(c4c(C)cccc4C)C4CC5C6CCCCC6CC6C7CCCC8C9CC%10CCCCC%10C%10CC1C1C(C%109)N(C87)C(C56)C4N1C23. The highest BCUT2D eigenvalue weighted by atomic mass is 15.4. The zero-order valence-electron chi connectivity index (χ0n) is 41.2. The summed E-state index contributed by atoms with van der Waals surface area (Å²) in [7, 11) is 0. The monoisotopic (exact) mass is 875 g/mol. The quantitative estimate of drug-likeness (QED) is 0.242. The maximum atomic E-state index is 3.73. The van der Waals surface area contributed by atoms with Crippen LogP contribution in [-0.2, 0) is 0 Å². The topological polar surface area (TPSA) is 6.48 Å². The minimum atomic E-state index is 0.648. The van der Waals surface area contributed by atoms with Crippen molar-refractivity contribution in [3.05, 3.63) is 94.5 Å². The average Bonchev–Trinajstić information content (AvgIpc) is 3.34. The van der Waals surface area contributed by atoms with E-state index in [0.717, 1.165) is 124 Å². The van der Waals surface area contributed by atoms with Crippen LogP contribution < -0.4 is 10.9 Å². The van der Waals surface area contributed by atoms with Crippen molar-refractivity contribution in [3.8, 4) is 0 Å². The van der Waals surface area contributed by atoms with Crippen molar-refractivity contribution in [1.82, 2.24) is 9.80 Å². The number of hydrogen-bond acceptors (Lipinski definition) is 2. The number of aryl methyl sites for hydroxylation is 4. The van der Waals surface area contributed by atoms with Gasteiger partial charge in [-0.1, -0.05) is 158 Å². The van der Waals surface area contributed by atoms with Gasteiger partial charge < -0.3 is 0 Å². The molecule has 66 heavy (non-hydrogen) atoms. The molecule has 0 spiro atoms. The first-order valence-electron chi connectivity index (χ1n) is 29.2. The van der Waals surface area contributed by atoms with Crippen molar-refractivity contribution in [3.63, 3.8) is 0 Å². The molecule has 20 unspecified atom stereocenters. The van der Waals surface area contributed by atoms with Crippen molar-refractivity contribution >= 4 is 24.4 Å². The Kier molecular flexibility index (Phi) is 8.97. The van der Waals surface area contributed by atoms with Gasteiger partial charge in [-0.15, -0.1) is 0 Å². The summed E-state index contributed by atoms with van der Waals surface area (Å²) in [6, 6.07) is 32.0. The molecule has 8 saturated carbocycles. The van der Waals surface area contributed by atoms with E-state index < -0.39 is 0 Å². The summed E-state index contributed by atoms with van der Waals surface area (Å²) in [6.45, 7) is 11.6. The summed E-state index contributed by atoms with van der Waals surface area (Å²) in [5.41, 5.74) is 11.8. The number of fused-ring (bicyclic) bond motifs is 6. The minimum Gasteiger partial charge on any atom is -0.293 e. The van der Waals surface area contributed by atoms with Gasteiger partial charge in [0.1, 0.15) is 0 Å². The predicted molar refractivity (Wildman–Crippen MR) is 274 cm³/mol. The molecule has 0 bridgehead atoms. The summed E-state index contributed by atoms with van der Waals surface area (Å²) in [5.74, 6) is 15.5. The molecular weight excluding hydrogens is 794 g/mol. The smallest absolute Gasteiger partial charge is 0.186 e. The third kappa shape index (κ3) is 5.17. The Balaban J connectivity index is 0.981. The van der Waals surface area contributed by atoms with Crippen molar-refractivity contribution in [2.75, 3.05) is 0 Å². The van der Waals surface area contributed by atoms with Gasteiger partial charge in [0.15, 0.2) is 13.4 Å². The zero-order chi connectivity index (χ0) is 43.4. The molecule has 2 nitrogen and oxygen atoms in total. The molecule has 0 amide bonds. The van der Waals surface area contributed by atoms with Gasteiger partial charge in [0.05, 0.1) is 0 Å². The third-order valence-electron chi connectivity index (χ3n) is 25.6. The highest BCUT2D eigenvalue weighted by Crippen LogP contribution is 2.76. The van der Waals surface area contributed by atoms with Gasteiger partial charge in [0.2, 0.25) is 0 Å². The van der Waals surface area contributed by atoms with E-state index in [9.17, 15) is 0 Å². The first kappa shape index (κ1) is 40.4. The van der Waals surface area contributed by atoms with Crippen molar-refractivity contribution in [1.29, 1.82) is 0 Å². The van der Waals surface area contributed by atoms with Crippen molar-refractivity contribution in [2.24, 2.45) is 71.0 Å². The summed E-state index contributed by atoms with van der Waals surface area (Å²) in [5, 5.41) is 0. The van der Waals surface area contributed by atoms with Gasteiger partial charge >= 0.3 is 0 Å². The lowest BCUT2D eigenvalue weighted by atomic mass is 9.14. The van der Waals surface area contributed by atoms with Crippen LogP contribution in [0.2, 0.25) is 23.3 Å². The van der Waals surface area contributed by atoms with E-state index in [1.807, 2.05) is 10.9 Å². The second-order valence-electron chi connectivity index (χ2n) is 27.2. The zero-order valence-corrected chi connectivity index (χ0v) is 41.2. The van der Waals surface area contributed by atoms with Crippen LogP contribution in [0, 0.1) is 98.7 Å². The first-order chi connectivity index (χ1) is 32.4. The fourth-order valence-corrected chi connectivity index (χ4v) is 24.7. The van der Waals surface area contributed by atoms with Crippen molar-refractivity contribution in [2.45, 2.75) is 202 Å². The van der Waals surface area contributed by atoms with E-state index >= 15 is 0 Å². The standard InChI is InChI=1S/C62H80B2N2/c1-33-15-12-16-34(2)55(33)63-49-29-40(37-19-6-5-7-20-37)30-50-58(49)66-59-51(63)31-47-41-23-10-8-21-38(41)27-45-43-25-14-26-44-46-28-39-22-9-11-24-42(39)48-32-52(64(50)56-35(3)17-13-18-36(56)4)60(66)62(54(46)48)65(57(43)44)61(59)53(45)47/h5-7,12-13,15-20,38-54,57-62H,8-11,14,21-32H2,1-4H3. The van der Waals surface area contributed by atoms with Gasteiger partial charge in [-0.3, -0.25) is 9.80 Å². The number of hydrogen-bond donors (Lipinski definition) is 0. The second-order valence-corrected chi connectivity index (χ2v) is 27.2. The van der Waals surface area contributed by atoms with E-state index in [4.69, 9.17) is 0 Å². The van der Waals surface area contributed by atoms with Crippen LogP contribution in [-0.4, -0.2) is 59.5 Å². The highest BCUT2D eigenvalue weighted by Gasteiger charge is 2.78. The Labute approximate surface area is 400 Å². The largest absolute Gasteiger partial charge is 0.293 e. The lowest BCUT2D eigenvalue weighted by molar-refractivity contribution is -0.293. The molecule has 5 heterocycles. The Hall–Kier alpha value is -2.29.